The highest BCUT2D eigenvalue weighted by Gasteiger charge is 2.21. The Morgan fingerprint density at radius 1 is 1.53 bits per heavy atom. The smallest absolute Gasteiger partial charge is 0.184 e. The Hall–Kier alpha value is -1.27. The highest BCUT2D eigenvalue weighted by atomic mass is 32.1. The minimum atomic E-state index is 0.784. The molecule has 0 fully saturated rings. The van der Waals surface area contributed by atoms with Crippen LogP contribution in [0.3, 0.4) is 0 Å². The van der Waals surface area contributed by atoms with Crippen molar-refractivity contribution in [1.29, 1.82) is 0 Å². The second-order valence-electron chi connectivity index (χ2n) is 4.25. The molecule has 0 amide bonds. The van der Waals surface area contributed by atoms with Crippen LogP contribution in [0.1, 0.15) is 23.9 Å². The van der Waals surface area contributed by atoms with Crippen LogP contribution in [0.5, 0.6) is 0 Å². The zero-order chi connectivity index (χ0) is 11.7. The number of rotatable bonds is 3. The number of aromatic amines is 1. The van der Waals surface area contributed by atoms with Crippen molar-refractivity contribution in [2.24, 2.45) is 0 Å². The van der Waals surface area contributed by atoms with Gasteiger partial charge in [-0.2, -0.15) is 5.10 Å². The van der Waals surface area contributed by atoms with Gasteiger partial charge in [-0.25, -0.2) is 9.97 Å². The van der Waals surface area contributed by atoms with Gasteiger partial charge >= 0.3 is 0 Å². The van der Waals surface area contributed by atoms with E-state index in [2.05, 4.69) is 32.0 Å². The molecular formula is C11H15N5S. The summed E-state index contributed by atoms with van der Waals surface area (Å²) in [6.07, 6.45) is 3.79. The summed E-state index contributed by atoms with van der Waals surface area (Å²) in [5, 5.41) is 7.71. The molecular weight excluding hydrogens is 234 g/mol. The number of thiazole rings is 1. The van der Waals surface area contributed by atoms with Gasteiger partial charge in [0.05, 0.1) is 5.69 Å². The van der Waals surface area contributed by atoms with E-state index in [0.717, 1.165) is 30.3 Å². The Kier molecular flexibility index (Phi) is 2.90. The van der Waals surface area contributed by atoms with Gasteiger partial charge in [-0.3, -0.25) is 10.00 Å². The summed E-state index contributed by atoms with van der Waals surface area (Å²) in [6, 6.07) is 0. The van der Waals surface area contributed by atoms with Crippen LogP contribution >= 0.6 is 11.3 Å². The van der Waals surface area contributed by atoms with Gasteiger partial charge in [0.2, 0.25) is 0 Å². The number of nitrogens with one attached hydrogen (secondary N) is 1. The molecule has 90 valence electrons. The van der Waals surface area contributed by atoms with Crippen LogP contribution in [0.4, 0.5) is 0 Å². The van der Waals surface area contributed by atoms with E-state index in [1.165, 1.54) is 29.9 Å². The van der Waals surface area contributed by atoms with E-state index in [0.29, 0.717) is 0 Å². The van der Waals surface area contributed by atoms with Gasteiger partial charge in [-0.15, -0.1) is 11.3 Å². The standard InChI is InChI=1S/C11H15N5S/c1-2-4-16-5-3-8-9(6-16)17-11(14-8)10-12-7-13-15-10/h7H,2-6H2,1H3,(H,12,13,15). The lowest BCUT2D eigenvalue weighted by Gasteiger charge is -2.25. The third kappa shape index (κ3) is 2.10. The molecule has 0 unspecified atom stereocenters. The second-order valence-corrected chi connectivity index (χ2v) is 5.33. The maximum Gasteiger partial charge on any atom is 0.184 e. The zero-order valence-electron chi connectivity index (χ0n) is 9.81. The van der Waals surface area contributed by atoms with Gasteiger partial charge in [0, 0.05) is 24.4 Å². The van der Waals surface area contributed by atoms with Crippen LogP contribution < -0.4 is 0 Å². The Balaban J connectivity index is 1.84. The molecule has 1 aliphatic heterocycles. The van der Waals surface area contributed by atoms with Crippen LogP contribution in [0, 0.1) is 0 Å². The fourth-order valence-corrected chi connectivity index (χ4v) is 3.26. The van der Waals surface area contributed by atoms with Crippen molar-refractivity contribution in [3.05, 3.63) is 16.9 Å². The highest BCUT2D eigenvalue weighted by Crippen LogP contribution is 2.29. The van der Waals surface area contributed by atoms with E-state index < -0.39 is 0 Å². The van der Waals surface area contributed by atoms with Gasteiger partial charge < -0.3 is 0 Å². The predicted molar refractivity (Wildman–Crippen MR) is 66.8 cm³/mol. The molecule has 0 aliphatic carbocycles. The van der Waals surface area contributed by atoms with Crippen LogP contribution in [0.25, 0.3) is 10.8 Å². The monoisotopic (exact) mass is 249 g/mol. The van der Waals surface area contributed by atoms with Crippen LogP contribution in [0.15, 0.2) is 6.33 Å². The molecule has 1 N–H and O–H groups in total. The molecule has 3 rings (SSSR count). The van der Waals surface area contributed by atoms with Crippen LogP contribution in [0.2, 0.25) is 0 Å². The van der Waals surface area contributed by atoms with Crippen LogP contribution in [-0.4, -0.2) is 38.2 Å². The van der Waals surface area contributed by atoms with E-state index >= 15 is 0 Å². The van der Waals surface area contributed by atoms with E-state index in [1.54, 1.807) is 11.3 Å². The molecule has 5 nitrogen and oxygen atoms in total. The summed E-state index contributed by atoms with van der Waals surface area (Å²) in [4.78, 5) is 12.7. The van der Waals surface area contributed by atoms with Crippen molar-refractivity contribution in [2.75, 3.05) is 13.1 Å². The SMILES string of the molecule is CCCN1CCc2nc(-c3ncn[nH]3)sc2C1. The first kappa shape index (κ1) is 10.9. The summed E-state index contributed by atoms with van der Waals surface area (Å²) in [7, 11) is 0. The molecule has 0 aromatic carbocycles. The number of fused-ring (bicyclic) bond motifs is 1. The van der Waals surface area contributed by atoms with E-state index in [9.17, 15) is 0 Å². The Morgan fingerprint density at radius 3 is 3.24 bits per heavy atom. The average molecular weight is 249 g/mol. The Labute approximate surface area is 104 Å². The summed E-state index contributed by atoms with van der Waals surface area (Å²) in [6.45, 7) is 5.56. The third-order valence-electron chi connectivity index (χ3n) is 2.97. The third-order valence-corrected chi connectivity index (χ3v) is 4.06. The summed E-state index contributed by atoms with van der Waals surface area (Å²) >= 11 is 1.74. The number of hydrogen-bond donors (Lipinski definition) is 1. The first-order valence-corrected chi connectivity index (χ1v) is 6.75. The largest absolute Gasteiger partial charge is 0.298 e. The average Bonchev–Trinajstić information content (AvgIpc) is 2.97. The molecule has 17 heavy (non-hydrogen) atoms. The minimum Gasteiger partial charge on any atom is -0.298 e. The van der Waals surface area contributed by atoms with E-state index in [1.807, 2.05) is 0 Å². The molecule has 0 bridgehead atoms. The molecule has 0 saturated carbocycles. The van der Waals surface area contributed by atoms with Crippen molar-refractivity contribution in [3.8, 4) is 10.8 Å². The minimum absolute atomic E-state index is 0.784. The molecule has 0 radical (unpaired) electrons. The van der Waals surface area contributed by atoms with Crippen molar-refractivity contribution in [1.82, 2.24) is 25.1 Å². The van der Waals surface area contributed by atoms with Crippen molar-refractivity contribution >= 4 is 11.3 Å². The highest BCUT2D eigenvalue weighted by molar-refractivity contribution is 7.15. The number of nitrogens with zero attached hydrogens (tertiary/aromatic N) is 4. The molecule has 0 saturated heterocycles. The maximum atomic E-state index is 4.65. The molecule has 2 aromatic heterocycles. The van der Waals surface area contributed by atoms with Gasteiger partial charge in [0.25, 0.3) is 0 Å². The van der Waals surface area contributed by atoms with Gasteiger partial charge in [-0.05, 0) is 13.0 Å². The number of H-pyrrole nitrogens is 1. The summed E-state index contributed by atoms with van der Waals surface area (Å²) in [5.74, 6) is 0.784. The fraction of sp³-hybridized carbons (Fsp3) is 0.545. The number of hydrogen-bond acceptors (Lipinski definition) is 5. The molecule has 1 aliphatic rings. The molecule has 0 atom stereocenters. The molecule has 3 heterocycles. The summed E-state index contributed by atoms with van der Waals surface area (Å²) < 4.78 is 0. The van der Waals surface area contributed by atoms with Crippen molar-refractivity contribution < 1.29 is 0 Å². The predicted octanol–water partition coefficient (Wildman–Crippen LogP) is 1.70. The maximum absolute atomic E-state index is 4.65. The number of aromatic nitrogens is 4. The van der Waals surface area contributed by atoms with Crippen molar-refractivity contribution in [2.45, 2.75) is 26.3 Å². The first-order valence-electron chi connectivity index (χ1n) is 5.93. The molecule has 0 spiro atoms. The summed E-state index contributed by atoms with van der Waals surface area (Å²) in [5.41, 5.74) is 1.24. The van der Waals surface area contributed by atoms with Gasteiger partial charge in [-0.1, -0.05) is 6.92 Å². The van der Waals surface area contributed by atoms with Gasteiger partial charge in [0.15, 0.2) is 10.8 Å². The lowest BCUT2D eigenvalue weighted by atomic mass is 10.2. The Morgan fingerprint density at radius 2 is 2.47 bits per heavy atom. The van der Waals surface area contributed by atoms with Crippen molar-refractivity contribution in [3.63, 3.8) is 0 Å². The lowest BCUT2D eigenvalue weighted by Crippen LogP contribution is -2.30. The molecule has 2 aromatic rings. The first-order chi connectivity index (χ1) is 8.36. The second kappa shape index (κ2) is 4.54. The van der Waals surface area contributed by atoms with E-state index in [4.69, 9.17) is 0 Å². The van der Waals surface area contributed by atoms with Crippen LogP contribution in [-0.2, 0) is 13.0 Å². The normalized spacial score (nSPS) is 16.1. The quantitative estimate of drug-likeness (QED) is 0.899. The molecule has 6 heteroatoms. The topological polar surface area (TPSA) is 57.7 Å². The Bertz CT molecular complexity index is 490. The van der Waals surface area contributed by atoms with Gasteiger partial charge in [0.1, 0.15) is 6.33 Å². The van der Waals surface area contributed by atoms with E-state index in [-0.39, 0.29) is 0 Å². The fourth-order valence-electron chi connectivity index (χ4n) is 2.17. The zero-order valence-corrected chi connectivity index (χ0v) is 10.6. The lowest BCUT2D eigenvalue weighted by molar-refractivity contribution is 0.256.